The fourth-order valence-electron chi connectivity index (χ4n) is 2.51. The predicted octanol–water partition coefficient (Wildman–Crippen LogP) is 1.33. The second-order valence-electron chi connectivity index (χ2n) is 5.71. The first kappa shape index (κ1) is 15.9. The van der Waals surface area contributed by atoms with Gasteiger partial charge >= 0.3 is 0 Å². The Bertz CT molecular complexity index is 362. The molecular formula is C14H25N3O2. The van der Waals surface area contributed by atoms with Crippen LogP contribution >= 0.6 is 0 Å². The quantitative estimate of drug-likeness (QED) is 0.681. The first-order valence-corrected chi connectivity index (χ1v) is 6.96. The zero-order chi connectivity index (χ0) is 14.5. The largest absolute Gasteiger partial charge is 0.378 e. The SMILES string of the molecule is CCOC1CC(N)(C(=O)NCCCCC#N)C1(C)C. The number of nitrogens with one attached hydrogen (secondary N) is 1. The lowest BCUT2D eigenvalue weighted by molar-refractivity contribution is -0.170. The number of hydrogen-bond acceptors (Lipinski definition) is 4. The molecule has 0 bridgehead atoms. The monoisotopic (exact) mass is 267 g/mol. The van der Waals surface area contributed by atoms with Gasteiger partial charge in [-0.2, -0.15) is 5.26 Å². The molecule has 5 nitrogen and oxygen atoms in total. The maximum absolute atomic E-state index is 12.2. The van der Waals surface area contributed by atoms with Gasteiger partial charge in [0.05, 0.1) is 12.2 Å². The Morgan fingerprint density at radius 2 is 2.21 bits per heavy atom. The van der Waals surface area contributed by atoms with E-state index in [-0.39, 0.29) is 17.4 Å². The van der Waals surface area contributed by atoms with Crippen molar-refractivity contribution < 1.29 is 9.53 Å². The number of nitrogens with two attached hydrogens (primary N) is 1. The summed E-state index contributed by atoms with van der Waals surface area (Å²) in [6.45, 7) is 7.12. The molecule has 1 saturated carbocycles. The number of ether oxygens (including phenoxy) is 1. The Morgan fingerprint density at radius 1 is 1.53 bits per heavy atom. The van der Waals surface area contributed by atoms with Gasteiger partial charge in [0.2, 0.25) is 5.91 Å². The normalized spacial score (nSPS) is 28.3. The van der Waals surface area contributed by atoms with Gasteiger partial charge in [-0.3, -0.25) is 4.79 Å². The fourth-order valence-corrected chi connectivity index (χ4v) is 2.51. The molecule has 0 aromatic heterocycles. The molecular weight excluding hydrogens is 242 g/mol. The highest BCUT2D eigenvalue weighted by Crippen LogP contribution is 2.49. The summed E-state index contributed by atoms with van der Waals surface area (Å²) in [5, 5.41) is 11.3. The molecule has 0 radical (unpaired) electrons. The highest BCUT2D eigenvalue weighted by atomic mass is 16.5. The van der Waals surface area contributed by atoms with Crippen LogP contribution in [0.25, 0.3) is 0 Å². The third-order valence-electron chi connectivity index (χ3n) is 4.24. The molecule has 1 fully saturated rings. The molecule has 1 amide bonds. The molecule has 19 heavy (non-hydrogen) atoms. The number of nitrogens with zero attached hydrogens (tertiary/aromatic N) is 1. The number of hydrogen-bond donors (Lipinski definition) is 2. The van der Waals surface area contributed by atoms with E-state index < -0.39 is 5.54 Å². The number of carbonyl (C=O) groups excluding carboxylic acids is 1. The first-order valence-electron chi connectivity index (χ1n) is 6.96. The minimum atomic E-state index is -0.845. The molecule has 1 rings (SSSR count). The van der Waals surface area contributed by atoms with E-state index in [4.69, 9.17) is 15.7 Å². The second-order valence-corrected chi connectivity index (χ2v) is 5.71. The summed E-state index contributed by atoms with van der Waals surface area (Å²) in [4.78, 5) is 12.2. The summed E-state index contributed by atoms with van der Waals surface area (Å²) in [7, 11) is 0. The predicted molar refractivity (Wildman–Crippen MR) is 73.2 cm³/mol. The van der Waals surface area contributed by atoms with E-state index in [9.17, 15) is 4.79 Å². The summed E-state index contributed by atoms with van der Waals surface area (Å²) in [5.41, 5.74) is 5.05. The summed E-state index contributed by atoms with van der Waals surface area (Å²) in [5.74, 6) is -0.106. The number of nitriles is 1. The Balaban J connectivity index is 2.42. The average Bonchev–Trinajstić information content (AvgIpc) is 2.37. The van der Waals surface area contributed by atoms with Gasteiger partial charge in [-0.15, -0.1) is 0 Å². The molecule has 2 unspecified atom stereocenters. The van der Waals surface area contributed by atoms with E-state index in [1.54, 1.807) is 0 Å². The van der Waals surface area contributed by atoms with Crippen LogP contribution in [-0.4, -0.2) is 30.7 Å². The first-order chi connectivity index (χ1) is 8.90. The van der Waals surface area contributed by atoms with Gasteiger partial charge in [-0.1, -0.05) is 13.8 Å². The van der Waals surface area contributed by atoms with Gasteiger partial charge in [0.15, 0.2) is 0 Å². The molecule has 0 aromatic rings. The standard InChI is InChI=1S/C14H25N3O2/c1-4-19-11-10-14(16,13(11,2)3)12(18)17-9-7-5-6-8-15/h11H,4-7,9-10,16H2,1-3H3,(H,17,18). The summed E-state index contributed by atoms with van der Waals surface area (Å²) in [6.07, 6.45) is 2.76. The van der Waals surface area contributed by atoms with E-state index in [2.05, 4.69) is 11.4 Å². The molecule has 0 spiro atoms. The van der Waals surface area contributed by atoms with Crippen LogP contribution in [0.15, 0.2) is 0 Å². The Hall–Kier alpha value is -1.12. The Morgan fingerprint density at radius 3 is 2.74 bits per heavy atom. The van der Waals surface area contributed by atoms with Gasteiger partial charge in [0.25, 0.3) is 0 Å². The molecule has 0 saturated heterocycles. The van der Waals surface area contributed by atoms with Crippen LogP contribution < -0.4 is 11.1 Å². The Labute approximate surface area is 115 Å². The van der Waals surface area contributed by atoms with E-state index in [1.165, 1.54) is 0 Å². The maximum Gasteiger partial charge on any atom is 0.240 e. The highest BCUT2D eigenvalue weighted by Gasteiger charge is 2.62. The topological polar surface area (TPSA) is 88.1 Å². The summed E-state index contributed by atoms with van der Waals surface area (Å²) >= 11 is 0. The zero-order valence-corrected chi connectivity index (χ0v) is 12.2. The third kappa shape index (κ3) is 3.07. The van der Waals surface area contributed by atoms with Gasteiger partial charge in [-0.25, -0.2) is 0 Å². The minimum absolute atomic E-state index is 0.0480. The lowest BCUT2D eigenvalue weighted by atomic mass is 9.54. The summed E-state index contributed by atoms with van der Waals surface area (Å²) in [6, 6.07) is 2.09. The summed E-state index contributed by atoms with van der Waals surface area (Å²) < 4.78 is 5.60. The molecule has 108 valence electrons. The maximum atomic E-state index is 12.2. The average molecular weight is 267 g/mol. The van der Waals surface area contributed by atoms with E-state index in [0.29, 0.717) is 26.0 Å². The number of rotatable bonds is 7. The molecule has 2 atom stereocenters. The van der Waals surface area contributed by atoms with Crippen LogP contribution in [0.4, 0.5) is 0 Å². The van der Waals surface area contributed by atoms with Gasteiger partial charge < -0.3 is 15.8 Å². The zero-order valence-electron chi connectivity index (χ0n) is 12.2. The number of unbranched alkanes of at least 4 members (excludes halogenated alkanes) is 2. The molecule has 0 aromatic carbocycles. The van der Waals surface area contributed by atoms with E-state index >= 15 is 0 Å². The fraction of sp³-hybridized carbons (Fsp3) is 0.857. The van der Waals surface area contributed by atoms with Crippen molar-refractivity contribution in [3.05, 3.63) is 0 Å². The van der Waals surface area contributed by atoms with Crippen molar-refractivity contribution in [3.8, 4) is 6.07 Å². The van der Waals surface area contributed by atoms with Crippen molar-refractivity contribution in [1.82, 2.24) is 5.32 Å². The second kappa shape index (κ2) is 6.36. The number of carbonyl (C=O) groups is 1. The lowest BCUT2D eigenvalue weighted by Crippen LogP contribution is -2.75. The van der Waals surface area contributed by atoms with Gasteiger partial charge in [0, 0.05) is 31.4 Å². The van der Waals surface area contributed by atoms with Crippen LogP contribution in [0.5, 0.6) is 0 Å². The smallest absolute Gasteiger partial charge is 0.240 e. The Kier molecular flexibility index (Phi) is 5.33. The molecule has 0 heterocycles. The van der Waals surface area contributed by atoms with Gasteiger partial charge in [-0.05, 0) is 19.8 Å². The molecule has 1 aliphatic carbocycles. The van der Waals surface area contributed by atoms with Crippen molar-refractivity contribution in [3.63, 3.8) is 0 Å². The van der Waals surface area contributed by atoms with Crippen LogP contribution in [0.1, 0.15) is 46.5 Å². The van der Waals surface area contributed by atoms with Crippen molar-refractivity contribution in [2.24, 2.45) is 11.1 Å². The lowest BCUT2D eigenvalue weighted by Gasteiger charge is -2.57. The van der Waals surface area contributed by atoms with Crippen molar-refractivity contribution in [2.45, 2.75) is 58.1 Å². The third-order valence-corrected chi connectivity index (χ3v) is 4.24. The van der Waals surface area contributed by atoms with Crippen LogP contribution in [-0.2, 0) is 9.53 Å². The van der Waals surface area contributed by atoms with Crippen molar-refractivity contribution in [2.75, 3.05) is 13.2 Å². The van der Waals surface area contributed by atoms with Crippen LogP contribution in [0, 0.1) is 16.7 Å². The van der Waals surface area contributed by atoms with Crippen molar-refractivity contribution >= 4 is 5.91 Å². The molecule has 0 aliphatic heterocycles. The van der Waals surface area contributed by atoms with E-state index in [0.717, 1.165) is 12.8 Å². The van der Waals surface area contributed by atoms with Gasteiger partial charge in [0.1, 0.15) is 5.54 Å². The molecule has 1 aliphatic rings. The minimum Gasteiger partial charge on any atom is -0.378 e. The van der Waals surface area contributed by atoms with Crippen LogP contribution in [0.2, 0.25) is 0 Å². The molecule has 3 N–H and O–H groups in total. The molecule has 5 heteroatoms. The highest BCUT2D eigenvalue weighted by molar-refractivity contribution is 5.88. The van der Waals surface area contributed by atoms with E-state index in [1.807, 2.05) is 20.8 Å². The van der Waals surface area contributed by atoms with Crippen molar-refractivity contribution in [1.29, 1.82) is 5.26 Å². The van der Waals surface area contributed by atoms with Crippen LogP contribution in [0.3, 0.4) is 0 Å². The number of amides is 1.